The quantitative estimate of drug-likeness (QED) is 0.375. The first-order valence-corrected chi connectivity index (χ1v) is 14.7. The molecule has 0 aliphatic carbocycles. The molecule has 0 aliphatic rings. The van der Waals surface area contributed by atoms with Gasteiger partial charge in [-0.3, -0.25) is 13.9 Å². The second-order valence-electron chi connectivity index (χ2n) is 9.20. The Bertz CT molecular complexity index is 1090. The predicted molar refractivity (Wildman–Crippen MR) is 148 cm³/mol. The van der Waals surface area contributed by atoms with Crippen molar-refractivity contribution in [1.82, 2.24) is 10.2 Å². The molecule has 2 atom stereocenters. The van der Waals surface area contributed by atoms with Crippen LogP contribution in [0.3, 0.4) is 0 Å². The van der Waals surface area contributed by atoms with Gasteiger partial charge in [-0.1, -0.05) is 44.2 Å². The third-order valence-corrected chi connectivity index (χ3v) is 7.58. The molecule has 8 nitrogen and oxygen atoms in total. The van der Waals surface area contributed by atoms with E-state index in [0.717, 1.165) is 18.2 Å². The van der Waals surface area contributed by atoms with Crippen molar-refractivity contribution in [2.24, 2.45) is 0 Å². The Morgan fingerprint density at radius 1 is 0.973 bits per heavy atom. The van der Waals surface area contributed by atoms with Gasteiger partial charge >= 0.3 is 0 Å². The Labute approximate surface area is 222 Å². The van der Waals surface area contributed by atoms with Gasteiger partial charge in [-0.05, 0) is 62.4 Å². The molecule has 1 N–H and O–H groups in total. The number of benzene rings is 2. The highest BCUT2D eigenvalue weighted by molar-refractivity contribution is 7.92. The van der Waals surface area contributed by atoms with E-state index in [1.54, 1.807) is 36.3 Å². The largest absolute Gasteiger partial charge is 0.497 e. The van der Waals surface area contributed by atoms with Crippen molar-refractivity contribution < 1.29 is 22.7 Å². The smallest absolute Gasteiger partial charge is 0.243 e. The van der Waals surface area contributed by atoms with Crippen molar-refractivity contribution in [3.05, 3.63) is 60.2 Å². The number of methoxy groups -OCH3 is 1. The van der Waals surface area contributed by atoms with Gasteiger partial charge in [0.15, 0.2) is 0 Å². The summed E-state index contributed by atoms with van der Waals surface area (Å²) < 4.78 is 31.4. The van der Waals surface area contributed by atoms with Gasteiger partial charge in [0.05, 0.1) is 19.1 Å². The molecule has 0 bridgehead atoms. The van der Waals surface area contributed by atoms with Gasteiger partial charge in [0.2, 0.25) is 21.8 Å². The van der Waals surface area contributed by atoms with E-state index in [2.05, 4.69) is 5.32 Å². The minimum Gasteiger partial charge on any atom is -0.497 e. The molecule has 0 fully saturated rings. The molecule has 0 aliphatic heterocycles. The van der Waals surface area contributed by atoms with Crippen LogP contribution >= 0.6 is 0 Å². The molecule has 0 spiro atoms. The summed E-state index contributed by atoms with van der Waals surface area (Å²) in [5.74, 6) is 0.308. The van der Waals surface area contributed by atoms with Crippen molar-refractivity contribution in [1.29, 1.82) is 0 Å². The van der Waals surface area contributed by atoms with Crippen LogP contribution in [0.4, 0.5) is 5.69 Å². The highest BCUT2D eigenvalue weighted by Gasteiger charge is 2.29. The maximum atomic E-state index is 13.4. The lowest BCUT2D eigenvalue weighted by Crippen LogP contribution is -2.51. The van der Waals surface area contributed by atoms with E-state index in [-0.39, 0.29) is 30.8 Å². The summed E-state index contributed by atoms with van der Waals surface area (Å²) >= 11 is 0. The zero-order chi connectivity index (χ0) is 27.4. The zero-order valence-electron chi connectivity index (χ0n) is 22.6. The average Bonchev–Trinajstić information content (AvgIpc) is 2.88. The molecule has 37 heavy (non-hydrogen) atoms. The molecular weight excluding hydrogens is 490 g/mol. The van der Waals surface area contributed by atoms with Gasteiger partial charge in [0.1, 0.15) is 11.8 Å². The van der Waals surface area contributed by atoms with E-state index >= 15 is 0 Å². The predicted octanol–water partition coefficient (Wildman–Crippen LogP) is 4.01. The number of ether oxygens (including phenoxy) is 1. The Hall–Kier alpha value is -3.07. The first-order valence-electron chi connectivity index (χ1n) is 12.9. The van der Waals surface area contributed by atoms with Crippen LogP contribution in [0.5, 0.6) is 5.75 Å². The van der Waals surface area contributed by atoms with Gasteiger partial charge < -0.3 is 15.0 Å². The van der Waals surface area contributed by atoms with Crippen LogP contribution in [0.15, 0.2) is 54.6 Å². The van der Waals surface area contributed by atoms with E-state index in [1.807, 2.05) is 51.1 Å². The number of amides is 2. The molecule has 9 heteroatoms. The molecule has 0 aromatic heterocycles. The molecule has 2 amide bonds. The lowest BCUT2D eigenvalue weighted by molar-refractivity contribution is -0.141. The molecule has 2 aromatic rings. The van der Waals surface area contributed by atoms with Crippen molar-refractivity contribution >= 4 is 27.5 Å². The van der Waals surface area contributed by atoms with Gasteiger partial charge in [-0.2, -0.15) is 0 Å². The molecule has 204 valence electrons. The van der Waals surface area contributed by atoms with Crippen molar-refractivity contribution in [3.63, 3.8) is 0 Å². The van der Waals surface area contributed by atoms with Crippen LogP contribution in [0.2, 0.25) is 0 Å². The second kappa shape index (κ2) is 14.6. The summed E-state index contributed by atoms with van der Waals surface area (Å²) in [7, 11) is -2.00. The Morgan fingerprint density at radius 2 is 1.62 bits per heavy atom. The summed E-state index contributed by atoms with van der Waals surface area (Å²) in [5.41, 5.74) is 1.59. The number of hydrogen-bond acceptors (Lipinski definition) is 5. The second-order valence-corrected chi connectivity index (χ2v) is 11.1. The van der Waals surface area contributed by atoms with E-state index in [1.165, 1.54) is 4.31 Å². The standard InChI is InChI=1S/C28H41N3O5S/c1-6-22(3)29-28(33)26(7-2)30(21-19-23-12-9-8-10-13-23)27(32)14-11-20-31(37(5,34)35)24-15-17-25(36-4)18-16-24/h8-10,12-13,15-18,22,26H,6-7,11,14,19-21H2,1-5H3,(H,29,33)/t22-,26+/m0/s1. The van der Waals surface area contributed by atoms with Crippen LogP contribution in [-0.4, -0.2) is 63.7 Å². The van der Waals surface area contributed by atoms with Gasteiger partial charge in [-0.25, -0.2) is 8.42 Å². The number of nitrogens with zero attached hydrogens (tertiary/aromatic N) is 2. The summed E-state index contributed by atoms with van der Waals surface area (Å²) in [6, 6.07) is 16.0. The average molecular weight is 532 g/mol. The topological polar surface area (TPSA) is 96.0 Å². The minimum absolute atomic E-state index is 0.0143. The highest BCUT2D eigenvalue weighted by Crippen LogP contribution is 2.22. The van der Waals surface area contributed by atoms with Crippen LogP contribution in [0.25, 0.3) is 0 Å². The SMILES string of the molecule is CC[C@H](C(=O)N[C@@H](C)CC)N(CCc1ccccc1)C(=O)CCCN(c1ccc(OC)cc1)S(C)(=O)=O. The van der Waals surface area contributed by atoms with Crippen molar-refractivity contribution in [3.8, 4) is 5.75 Å². The molecule has 0 heterocycles. The number of hydrogen-bond donors (Lipinski definition) is 1. The zero-order valence-corrected chi connectivity index (χ0v) is 23.5. The molecular formula is C28H41N3O5S. The van der Waals surface area contributed by atoms with Crippen molar-refractivity contribution in [2.75, 3.05) is 30.8 Å². The summed E-state index contributed by atoms with van der Waals surface area (Å²) in [6.07, 6.45) is 3.52. The van der Waals surface area contributed by atoms with Gasteiger partial charge in [0.25, 0.3) is 0 Å². The highest BCUT2D eigenvalue weighted by atomic mass is 32.2. The number of carbonyl (C=O) groups excluding carboxylic acids is 2. The summed E-state index contributed by atoms with van der Waals surface area (Å²) in [5, 5.41) is 3.01. The number of nitrogens with one attached hydrogen (secondary N) is 1. The normalized spacial score (nSPS) is 12.9. The van der Waals surface area contributed by atoms with Gasteiger partial charge in [-0.15, -0.1) is 0 Å². The maximum Gasteiger partial charge on any atom is 0.243 e. The molecule has 2 rings (SSSR count). The number of anilines is 1. The Morgan fingerprint density at radius 3 is 2.16 bits per heavy atom. The molecule has 0 saturated carbocycles. The minimum atomic E-state index is -3.55. The number of sulfonamides is 1. The summed E-state index contributed by atoms with van der Waals surface area (Å²) in [6.45, 7) is 6.40. The fourth-order valence-corrected chi connectivity index (χ4v) is 5.05. The number of carbonyl (C=O) groups is 2. The molecule has 0 saturated heterocycles. The fraction of sp³-hybridized carbons (Fsp3) is 0.500. The van der Waals surface area contributed by atoms with Crippen LogP contribution < -0.4 is 14.4 Å². The third-order valence-electron chi connectivity index (χ3n) is 6.38. The lowest BCUT2D eigenvalue weighted by Gasteiger charge is -2.32. The molecule has 2 aromatic carbocycles. The Balaban J connectivity index is 2.16. The van der Waals surface area contributed by atoms with E-state index in [9.17, 15) is 18.0 Å². The summed E-state index contributed by atoms with van der Waals surface area (Å²) in [4.78, 5) is 28.1. The van der Waals surface area contributed by atoms with Crippen molar-refractivity contribution in [2.45, 2.75) is 65.0 Å². The Kier molecular flexibility index (Phi) is 11.9. The molecule has 0 unspecified atom stereocenters. The molecule has 0 radical (unpaired) electrons. The van der Waals surface area contributed by atoms with Crippen LogP contribution in [0.1, 0.15) is 52.0 Å². The first-order chi connectivity index (χ1) is 17.6. The number of rotatable bonds is 15. The van der Waals surface area contributed by atoms with Gasteiger partial charge in [0, 0.05) is 25.6 Å². The van der Waals surface area contributed by atoms with Crippen LogP contribution in [-0.2, 0) is 26.0 Å². The van der Waals surface area contributed by atoms with E-state index < -0.39 is 16.1 Å². The van der Waals surface area contributed by atoms with E-state index in [4.69, 9.17) is 4.74 Å². The van der Waals surface area contributed by atoms with Crippen LogP contribution in [0, 0.1) is 0 Å². The third kappa shape index (κ3) is 9.39. The maximum absolute atomic E-state index is 13.4. The first kappa shape index (κ1) is 30.2. The monoisotopic (exact) mass is 531 g/mol. The van der Waals surface area contributed by atoms with E-state index in [0.29, 0.717) is 37.2 Å². The lowest BCUT2D eigenvalue weighted by atomic mass is 10.1. The fourth-order valence-electron chi connectivity index (χ4n) is 4.09.